The van der Waals surface area contributed by atoms with Gasteiger partial charge in [-0.05, 0) is 56.9 Å². The largest absolute Gasteiger partial charge is 0.390 e. The van der Waals surface area contributed by atoms with Crippen molar-refractivity contribution in [2.45, 2.75) is 71.1 Å². The van der Waals surface area contributed by atoms with Crippen molar-refractivity contribution in [1.82, 2.24) is 5.32 Å². The van der Waals surface area contributed by atoms with Gasteiger partial charge in [0.2, 0.25) is 0 Å². The summed E-state index contributed by atoms with van der Waals surface area (Å²) >= 11 is 0. The number of Topliss-reactive ketones (excluding diaryl/α,β-unsaturated/α-hetero) is 1. The average Bonchev–Trinajstić information content (AvgIpc) is 2.32. The van der Waals surface area contributed by atoms with Gasteiger partial charge in [0, 0.05) is 12.0 Å². The molecule has 20 heavy (non-hydrogen) atoms. The number of hydrogen-bond acceptors (Lipinski definition) is 3. The monoisotopic (exact) mass is 277 g/mol. The number of hydrogen-bond donors (Lipinski definition) is 2. The van der Waals surface area contributed by atoms with E-state index in [1.54, 1.807) is 0 Å². The summed E-state index contributed by atoms with van der Waals surface area (Å²) in [5.74, 6) is 1.42. The number of rotatable bonds is 5. The van der Waals surface area contributed by atoms with Crippen molar-refractivity contribution < 1.29 is 9.90 Å². The van der Waals surface area contributed by atoms with E-state index >= 15 is 0 Å². The van der Waals surface area contributed by atoms with Crippen LogP contribution in [0.25, 0.3) is 0 Å². The zero-order valence-corrected chi connectivity index (χ0v) is 13.1. The molecule has 3 fully saturated rings. The second-order valence-electron chi connectivity index (χ2n) is 7.73. The summed E-state index contributed by atoms with van der Waals surface area (Å²) < 4.78 is 0. The summed E-state index contributed by atoms with van der Waals surface area (Å²) in [5.41, 5.74) is 2.23. The lowest BCUT2D eigenvalue weighted by Gasteiger charge is -2.58. The molecule has 0 aromatic rings. The van der Waals surface area contributed by atoms with Crippen molar-refractivity contribution in [3.05, 3.63) is 11.1 Å². The first-order valence-corrected chi connectivity index (χ1v) is 8.06. The summed E-state index contributed by atoms with van der Waals surface area (Å²) in [4.78, 5) is 12.6. The van der Waals surface area contributed by atoms with Crippen molar-refractivity contribution in [1.29, 1.82) is 0 Å². The molecule has 0 aliphatic heterocycles. The molecule has 5 aliphatic carbocycles. The minimum Gasteiger partial charge on any atom is -0.390 e. The van der Waals surface area contributed by atoms with Gasteiger partial charge in [0.25, 0.3) is 0 Å². The van der Waals surface area contributed by atoms with Crippen molar-refractivity contribution in [2.24, 2.45) is 17.8 Å². The number of allylic oxidation sites excluding steroid dienone is 1. The van der Waals surface area contributed by atoms with Gasteiger partial charge in [0.05, 0.1) is 11.6 Å². The minimum atomic E-state index is -0.529. The number of aliphatic hydroxyl groups is 1. The van der Waals surface area contributed by atoms with Gasteiger partial charge in [0.1, 0.15) is 0 Å². The summed E-state index contributed by atoms with van der Waals surface area (Å²) in [6.45, 7) is 8.11. The smallest absolute Gasteiger partial charge is 0.156 e. The number of carbonyl (C=O) groups excluding carboxylic acids is 1. The van der Waals surface area contributed by atoms with Crippen molar-refractivity contribution in [3.8, 4) is 0 Å². The molecule has 3 heteroatoms. The lowest BCUT2D eigenvalue weighted by atomic mass is 9.49. The molecule has 2 unspecified atom stereocenters. The van der Waals surface area contributed by atoms with E-state index in [1.807, 2.05) is 13.8 Å². The summed E-state index contributed by atoms with van der Waals surface area (Å²) in [7, 11) is 0. The van der Waals surface area contributed by atoms with Crippen LogP contribution in [0.5, 0.6) is 0 Å². The van der Waals surface area contributed by atoms with E-state index in [2.05, 4.69) is 19.2 Å². The summed E-state index contributed by atoms with van der Waals surface area (Å²) in [6.07, 6.45) is 3.78. The molecule has 112 valence electrons. The average molecular weight is 277 g/mol. The van der Waals surface area contributed by atoms with Gasteiger partial charge in [0.15, 0.2) is 5.78 Å². The zero-order valence-electron chi connectivity index (χ0n) is 13.1. The van der Waals surface area contributed by atoms with Crippen LogP contribution >= 0.6 is 0 Å². The number of fused-ring (bicyclic) bond motifs is 1. The van der Waals surface area contributed by atoms with Gasteiger partial charge in [-0.25, -0.2) is 0 Å². The SMILES string of the molecule is CC(C)N[C@H](C(=O)C(C)C)C1=C2C3CC2CC(O)(C1)C3. The van der Waals surface area contributed by atoms with E-state index in [0.29, 0.717) is 18.3 Å². The molecular formula is C17H27NO2. The van der Waals surface area contributed by atoms with Crippen molar-refractivity contribution in [2.75, 3.05) is 0 Å². The fraction of sp³-hybridized carbons (Fsp3) is 0.824. The number of carbonyl (C=O) groups is 1. The Hall–Kier alpha value is -0.670. The third-order valence-electron chi connectivity index (χ3n) is 5.29. The molecule has 0 spiro atoms. The van der Waals surface area contributed by atoms with Crippen LogP contribution in [-0.4, -0.2) is 28.6 Å². The van der Waals surface area contributed by atoms with Crippen LogP contribution in [-0.2, 0) is 4.79 Å². The van der Waals surface area contributed by atoms with Gasteiger partial charge < -0.3 is 10.4 Å². The standard InChI is InChI=1S/C17H27NO2/c1-9(2)16(19)15(18-10(3)4)13-8-17(20)6-11-5-12(7-17)14(11)13/h9-12,15,18,20H,5-8H2,1-4H3/t11?,12?,15-,17?/m0/s1. The van der Waals surface area contributed by atoms with Gasteiger partial charge >= 0.3 is 0 Å². The molecule has 2 N–H and O–H groups in total. The maximum absolute atomic E-state index is 12.6. The molecule has 0 amide bonds. The van der Waals surface area contributed by atoms with Crippen LogP contribution in [0.4, 0.5) is 0 Å². The molecule has 0 radical (unpaired) electrons. The van der Waals surface area contributed by atoms with Crippen LogP contribution in [0, 0.1) is 17.8 Å². The van der Waals surface area contributed by atoms with Gasteiger partial charge in [-0.15, -0.1) is 0 Å². The van der Waals surface area contributed by atoms with Crippen LogP contribution in [0.3, 0.4) is 0 Å². The first-order valence-electron chi connectivity index (χ1n) is 8.06. The molecule has 3 saturated carbocycles. The topological polar surface area (TPSA) is 49.3 Å². The zero-order chi connectivity index (χ0) is 14.7. The van der Waals surface area contributed by atoms with Crippen LogP contribution in [0.15, 0.2) is 11.1 Å². The maximum atomic E-state index is 12.6. The molecule has 0 aromatic heterocycles. The first kappa shape index (κ1) is 14.3. The Morgan fingerprint density at radius 1 is 1.25 bits per heavy atom. The Labute approximate surface area is 121 Å². The van der Waals surface area contributed by atoms with Crippen LogP contribution in [0.2, 0.25) is 0 Å². The van der Waals surface area contributed by atoms with E-state index in [9.17, 15) is 9.90 Å². The molecule has 3 atom stereocenters. The minimum absolute atomic E-state index is 0.0331. The van der Waals surface area contributed by atoms with E-state index in [4.69, 9.17) is 0 Å². The third-order valence-corrected chi connectivity index (χ3v) is 5.29. The molecule has 0 saturated heterocycles. The third kappa shape index (κ3) is 2.15. The molecule has 4 bridgehead atoms. The molecule has 0 heterocycles. The van der Waals surface area contributed by atoms with Gasteiger partial charge in [-0.2, -0.15) is 0 Å². The normalized spacial score (nSPS) is 36.5. The lowest BCUT2D eigenvalue weighted by Crippen LogP contribution is -2.57. The Morgan fingerprint density at radius 3 is 2.30 bits per heavy atom. The lowest BCUT2D eigenvalue weighted by molar-refractivity contribution is -0.124. The highest BCUT2D eigenvalue weighted by atomic mass is 16.3. The Morgan fingerprint density at radius 2 is 1.85 bits per heavy atom. The number of nitrogens with one attached hydrogen (secondary N) is 1. The predicted molar refractivity (Wildman–Crippen MR) is 79.3 cm³/mol. The van der Waals surface area contributed by atoms with E-state index in [1.165, 1.54) is 17.6 Å². The summed E-state index contributed by atoms with van der Waals surface area (Å²) in [6, 6.07) is 0.102. The van der Waals surface area contributed by atoms with Gasteiger partial charge in [-0.1, -0.05) is 19.4 Å². The fourth-order valence-electron chi connectivity index (χ4n) is 4.57. The second-order valence-corrected chi connectivity index (χ2v) is 7.73. The van der Waals surface area contributed by atoms with Crippen molar-refractivity contribution >= 4 is 5.78 Å². The summed E-state index contributed by atoms with van der Waals surface area (Å²) in [5, 5.41) is 14.2. The Bertz CT molecular complexity index is 450. The highest BCUT2D eigenvalue weighted by molar-refractivity contribution is 5.89. The molecular weight excluding hydrogens is 250 g/mol. The van der Waals surface area contributed by atoms with E-state index in [-0.39, 0.29) is 23.8 Å². The quantitative estimate of drug-likeness (QED) is 0.759. The molecule has 5 aliphatic rings. The first-order chi connectivity index (χ1) is 9.31. The Kier molecular flexibility index (Phi) is 3.33. The van der Waals surface area contributed by atoms with Gasteiger partial charge in [-0.3, -0.25) is 4.79 Å². The van der Waals surface area contributed by atoms with E-state index < -0.39 is 5.60 Å². The molecule has 0 aromatic carbocycles. The van der Waals surface area contributed by atoms with Crippen LogP contribution in [0.1, 0.15) is 53.4 Å². The van der Waals surface area contributed by atoms with Crippen molar-refractivity contribution in [3.63, 3.8) is 0 Å². The second kappa shape index (κ2) is 4.67. The highest BCUT2D eigenvalue weighted by Crippen LogP contribution is 2.61. The fourth-order valence-corrected chi connectivity index (χ4v) is 4.57. The molecule has 5 rings (SSSR count). The number of ketones is 1. The highest BCUT2D eigenvalue weighted by Gasteiger charge is 2.56. The Balaban J connectivity index is 1.94. The van der Waals surface area contributed by atoms with Crippen LogP contribution < -0.4 is 5.32 Å². The predicted octanol–water partition coefficient (Wildman–Crippen LogP) is 2.44. The molecule has 3 nitrogen and oxygen atoms in total. The maximum Gasteiger partial charge on any atom is 0.156 e. The van der Waals surface area contributed by atoms with E-state index in [0.717, 1.165) is 12.8 Å².